The fourth-order valence-electron chi connectivity index (χ4n) is 9.86. The first-order valence-corrected chi connectivity index (χ1v) is 23.1. The Balaban J connectivity index is 0.903. The summed E-state index contributed by atoms with van der Waals surface area (Å²) >= 11 is 0. The Bertz CT molecular complexity index is 2560. The molecule has 17 heteroatoms. The molecular formula is C45H53N9O7S. The molecule has 3 aliphatic heterocycles. The number of benzene rings is 2. The highest BCUT2D eigenvalue weighted by molar-refractivity contribution is 7.90. The van der Waals surface area contributed by atoms with E-state index in [-0.39, 0.29) is 35.2 Å². The number of H-pyrrole nitrogens is 1. The van der Waals surface area contributed by atoms with E-state index in [2.05, 4.69) is 78.2 Å². The van der Waals surface area contributed by atoms with Gasteiger partial charge in [-0.3, -0.25) is 19.8 Å². The van der Waals surface area contributed by atoms with Crippen molar-refractivity contribution in [2.24, 2.45) is 5.41 Å². The molecule has 2 aromatic carbocycles. The largest absolute Gasteiger partial charge is 0.453 e. The molecular weight excluding hydrogens is 811 g/mol. The Morgan fingerprint density at radius 3 is 2.66 bits per heavy atom. The topological polar surface area (TPSA) is 197 Å². The molecule has 9 rings (SSSR count). The zero-order chi connectivity index (χ0) is 43.0. The van der Waals surface area contributed by atoms with Crippen LogP contribution >= 0.6 is 0 Å². The number of morpholine rings is 1. The molecule has 1 spiro atoms. The molecule has 3 saturated heterocycles. The predicted octanol–water partition coefficient (Wildman–Crippen LogP) is 6.89. The van der Waals surface area contributed by atoms with Crippen LogP contribution in [0.25, 0.3) is 11.0 Å². The average molecular weight is 864 g/mol. The van der Waals surface area contributed by atoms with Gasteiger partial charge in [-0.05, 0) is 91.8 Å². The second-order valence-electron chi connectivity index (χ2n) is 17.4. The van der Waals surface area contributed by atoms with Crippen molar-refractivity contribution in [1.82, 2.24) is 29.9 Å². The maximum Gasteiger partial charge on any atom is 0.293 e. The van der Waals surface area contributed by atoms with E-state index in [0.717, 1.165) is 56.2 Å². The molecule has 1 saturated carbocycles. The number of nitrogens with zero attached hydrogens (tertiary/aromatic N) is 5. The molecule has 62 heavy (non-hydrogen) atoms. The number of nitrogens with one attached hydrogen (secondary N) is 4. The van der Waals surface area contributed by atoms with Gasteiger partial charge in [0, 0.05) is 68.5 Å². The summed E-state index contributed by atoms with van der Waals surface area (Å²) in [4.78, 5) is 41.8. The number of amides is 1. The van der Waals surface area contributed by atoms with Gasteiger partial charge in [-0.2, -0.15) is 0 Å². The van der Waals surface area contributed by atoms with Gasteiger partial charge >= 0.3 is 0 Å². The third-order valence-electron chi connectivity index (χ3n) is 13.2. The summed E-state index contributed by atoms with van der Waals surface area (Å²) < 4.78 is 41.3. The van der Waals surface area contributed by atoms with Crippen LogP contribution in [0.1, 0.15) is 85.9 Å². The molecule has 6 heterocycles. The van der Waals surface area contributed by atoms with Gasteiger partial charge in [0.15, 0.2) is 11.4 Å². The zero-order valence-corrected chi connectivity index (χ0v) is 35.8. The van der Waals surface area contributed by atoms with Crippen LogP contribution < -0.4 is 25.0 Å². The van der Waals surface area contributed by atoms with Gasteiger partial charge in [-0.15, -0.1) is 0 Å². The standard InChI is InChI=1S/C45H53N9O7S/c1-29(2)36-6-3-4-7-37(36)39-8-5-16-53(39)32-23-45(24-32)12-17-52(18-13-45)31-21-41(61-33-20-30-11-14-47-43(30)50-27-33)42(49-25-31)44(55)51-62(58,59)35-9-10-38(40(22-35)54(56)57)48-28-34-26-46-15-19-60-34/h3-4,6-7,9-11,14,20-22,25,27,29,32,34,39,46,48H,5,8,12-13,15-19,23-24,26,28H2,1-2H3,(H,47,50)(H,51,55). The number of hydrogen-bond acceptors (Lipinski definition) is 13. The number of carbonyl (C=O) groups is 1. The van der Waals surface area contributed by atoms with Crippen molar-refractivity contribution in [3.8, 4) is 11.5 Å². The summed E-state index contributed by atoms with van der Waals surface area (Å²) in [6.45, 7) is 9.41. The van der Waals surface area contributed by atoms with Crippen LogP contribution in [0, 0.1) is 15.5 Å². The third-order valence-corrected chi connectivity index (χ3v) is 14.5. The molecule has 4 fully saturated rings. The SMILES string of the molecule is CC(C)c1ccccc1C1CCCN1C1CC2(CCN(c3cnc(C(=O)NS(=O)(=O)c4ccc(NCC5CNCCO5)c([N+](=O)[O-])c4)c(Oc4cnc5[nH]ccc5c4)c3)CC2)C1. The third kappa shape index (κ3) is 8.58. The Kier molecular flexibility index (Phi) is 11.6. The van der Waals surface area contributed by atoms with Crippen molar-refractivity contribution in [2.75, 3.05) is 56.1 Å². The molecule has 326 valence electrons. The van der Waals surface area contributed by atoms with Crippen LogP contribution in [0.5, 0.6) is 11.5 Å². The van der Waals surface area contributed by atoms with Crippen LogP contribution in [-0.4, -0.2) is 97.1 Å². The molecule has 1 amide bonds. The van der Waals surface area contributed by atoms with Crippen molar-refractivity contribution >= 4 is 44.0 Å². The van der Waals surface area contributed by atoms with Gasteiger partial charge in [0.25, 0.3) is 21.6 Å². The van der Waals surface area contributed by atoms with Crippen LogP contribution in [0.3, 0.4) is 0 Å². The summed E-state index contributed by atoms with van der Waals surface area (Å²) in [7, 11) is -4.60. The first-order chi connectivity index (χ1) is 29.9. The summed E-state index contributed by atoms with van der Waals surface area (Å²) in [6, 6.07) is 18.8. The van der Waals surface area contributed by atoms with E-state index in [1.54, 1.807) is 24.5 Å². The number of pyridine rings is 2. The van der Waals surface area contributed by atoms with E-state index >= 15 is 0 Å². The lowest BCUT2D eigenvalue weighted by Gasteiger charge is -2.56. The van der Waals surface area contributed by atoms with E-state index in [1.807, 2.05) is 6.07 Å². The number of aromatic nitrogens is 3. The lowest BCUT2D eigenvalue weighted by molar-refractivity contribution is -0.384. The molecule has 3 aromatic heterocycles. The molecule has 2 unspecified atom stereocenters. The van der Waals surface area contributed by atoms with E-state index < -0.39 is 31.4 Å². The molecule has 2 atom stereocenters. The monoisotopic (exact) mass is 863 g/mol. The minimum Gasteiger partial charge on any atom is -0.453 e. The molecule has 4 N–H and O–H groups in total. The van der Waals surface area contributed by atoms with Crippen molar-refractivity contribution in [3.05, 3.63) is 106 Å². The van der Waals surface area contributed by atoms with Crippen LogP contribution in [0.15, 0.2) is 84.1 Å². The lowest BCUT2D eigenvalue weighted by Crippen LogP contribution is -2.55. The molecule has 16 nitrogen and oxygen atoms in total. The van der Waals surface area contributed by atoms with E-state index in [0.29, 0.717) is 42.5 Å². The van der Waals surface area contributed by atoms with Crippen molar-refractivity contribution in [1.29, 1.82) is 0 Å². The van der Waals surface area contributed by atoms with Crippen LogP contribution in [0.2, 0.25) is 0 Å². The van der Waals surface area contributed by atoms with Gasteiger partial charge in [-0.25, -0.2) is 23.1 Å². The minimum atomic E-state index is -4.60. The Morgan fingerprint density at radius 1 is 1.06 bits per heavy atom. The highest BCUT2D eigenvalue weighted by Gasteiger charge is 2.50. The van der Waals surface area contributed by atoms with Crippen molar-refractivity contribution in [2.45, 2.75) is 81.4 Å². The number of fused-ring (bicyclic) bond motifs is 1. The summed E-state index contributed by atoms with van der Waals surface area (Å²) in [6.07, 6.45) is 11.5. The van der Waals surface area contributed by atoms with Crippen molar-refractivity contribution < 1.29 is 27.6 Å². The number of rotatable bonds is 13. The van der Waals surface area contributed by atoms with E-state index in [1.165, 1.54) is 55.1 Å². The molecule has 5 aromatic rings. The number of anilines is 2. The summed E-state index contributed by atoms with van der Waals surface area (Å²) in [5.74, 6) is -0.189. The minimum absolute atomic E-state index is 0.0441. The number of likely N-dealkylation sites (tertiary alicyclic amines) is 1. The maximum atomic E-state index is 13.9. The summed E-state index contributed by atoms with van der Waals surface area (Å²) in [5, 5.41) is 19.0. The fraction of sp³-hybridized carbons (Fsp3) is 0.444. The van der Waals surface area contributed by atoms with E-state index in [9.17, 15) is 23.3 Å². The molecule has 1 aliphatic carbocycles. The lowest BCUT2D eigenvalue weighted by atomic mass is 9.59. The molecule has 0 bridgehead atoms. The van der Waals surface area contributed by atoms with Crippen molar-refractivity contribution in [3.63, 3.8) is 0 Å². The molecule has 4 aliphatic rings. The Labute approximate surface area is 361 Å². The second-order valence-corrected chi connectivity index (χ2v) is 19.1. The number of hydrogen-bond donors (Lipinski definition) is 4. The number of aromatic amines is 1. The van der Waals surface area contributed by atoms with Crippen LogP contribution in [-0.2, 0) is 14.8 Å². The first kappa shape index (κ1) is 41.7. The number of nitro groups is 1. The van der Waals surface area contributed by atoms with Gasteiger partial charge < -0.3 is 30.0 Å². The number of carbonyl (C=O) groups excluding carboxylic acids is 1. The first-order valence-electron chi connectivity index (χ1n) is 21.6. The number of nitro benzene ring substituents is 1. The Hall–Kier alpha value is -5.62. The number of sulfonamides is 1. The highest BCUT2D eigenvalue weighted by Crippen LogP contribution is 2.54. The average Bonchev–Trinajstić information content (AvgIpc) is 3.95. The summed E-state index contributed by atoms with van der Waals surface area (Å²) in [5.41, 5.74) is 4.03. The maximum absolute atomic E-state index is 13.9. The highest BCUT2D eigenvalue weighted by atomic mass is 32.2. The number of ether oxygens (including phenoxy) is 2. The smallest absolute Gasteiger partial charge is 0.293 e. The molecule has 0 radical (unpaired) electrons. The van der Waals surface area contributed by atoms with Gasteiger partial charge in [-0.1, -0.05) is 38.1 Å². The predicted molar refractivity (Wildman–Crippen MR) is 235 cm³/mol. The quantitative estimate of drug-likeness (QED) is 0.0707. The van der Waals surface area contributed by atoms with Gasteiger partial charge in [0.05, 0.1) is 40.6 Å². The second kappa shape index (κ2) is 17.3. The van der Waals surface area contributed by atoms with E-state index in [4.69, 9.17) is 9.47 Å². The van der Waals surface area contributed by atoms with Crippen LogP contribution in [0.4, 0.5) is 17.1 Å². The fourth-order valence-corrected chi connectivity index (χ4v) is 10.8. The normalized spacial score (nSPS) is 20.7. The Morgan fingerprint density at radius 2 is 1.89 bits per heavy atom. The van der Waals surface area contributed by atoms with Gasteiger partial charge in [0.1, 0.15) is 17.1 Å². The van der Waals surface area contributed by atoms with Gasteiger partial charge in [0.2, 0.25) is 0 Å². The zero-order valence-electron chi connectivity index (χ0n) is 35.0. The number of piperidine rings is 1.